The number of rotatable bonds is 4. The minimum Gasteiger partial charge on any atom is -0.320 e. The Hall–Kier alpha value is -3.64. The predicted molar refractivity (Wildman–Crippen MR) is 117 cm³/mol. The van der Waals surface area contributed by atoms with Crippen LogP contribution < -0.4 is 10.6 Å². The highest BCUT2D eigenvalue weighted by Crippen LogP contribution is 2.38. The van der Waals surface area contributed by atoms with E-state index >= 15 is 0 Å². The molecule has 1 aromatic heterocycles. The number of pyridine rings is 1. The Morgan fingerprint density at radius 2 is 1.72 bits per heavy atom. The fraction of sp³-hybridized carbons (Fsp3) is 0. The number of carbonyl (C=O) groups is 2. The van der Waals surface area contributed by atoms with Crippen molar-refractivity contribution in [1.29, 1.82) is 0 Å². The van der Waals surface area contributed by atoms with Gasteiger partial charge in [-0.25, -0.2) is 4.98 Å². The number of anilines is 2. The molecule has 3 aromatic rings. The second-order valence-electron chi connectivity index (χ2n) is 6.27. The van der Waals surface area contributed by atoms with Crippen LogP contribution in [0.15, 0.2) is 88.8 Å². The van der Waals surface area contributed by atoms with Crippen LogP contribution in [0.1, 0.15) is 11.1 Å². The van der Waals surface area contributed by atoms with E-state index in [9.17, 15) is 9.59 Å². The molecule has 6 heteroatoms. The molecule has 0 unspecified atom stereocenters. The number of benzene rings is 2. The minimum atomic E-state index is -0.246. The Bertz CT molecular complexity index is 1110. The van der Waals surface area contributed by atoms with Crippen molar-refractivity contribution in [3.63, 3.8) is 0 Å². The lowest BCUT2D eigenvalue weighted by molar-refractivity contribution is -0.112. The Balaban J connectivity index is 1.42. The molecule has 2 heterocycles. The molecule has 0 atom stereocenters. The van der Waals surface area contributed by atoms with E-state index in [2.05, 4.69) is 15.6 Å². The standard InChI is InChI=1S/C23H17N3O2S/c27-22(26-21-7-3-4-14-24-21)13-12-16-8-10-17(11-9-16)15-20-23(28)25-18-5-1-2-6-19(18)29-20/h1-15H,(H,25,28)(H,24,26,27)/b13-12+,20-15?. The summed E-state index contributed by atoms with van der Waals surface area (Å²) in [6.07, 6.45) is 6.67. The van der Waals surface area contributed by atoms with Crippen molar-refractivity contribution >= 4 is 47.2 Å². The first-order valence-corrected chi connectivity index (χ1v) is 9.79. The van der Waals surface area contributed by atoms with Gasteiger partial charge in [0.1, 0.15) is 5.82 Å². The molecule has 1 aliphatic rings. The largest absolute Gasteiger partial charge is 0.320 e. The number of hydrogen-bond donors (Lipinski definition) is 2. The Kier molecular flexibility index (Phi) is 5.54. The predicted octanol–water partition coefficient (Wildman–Crippen LogP) is 4.82. The lowest BCUT2D eigenvalue weighted by Gasteiger charge is -2.18. The smallest absolute Gasteiger partial charge is 0.262 e. The summed E-state index contributed by atoms with van der Waals surface area (Å²) in [6.45, 7) is 0. The van der Waals surface area contributed by atoms with E-state index in [4.69, 9.17) is 0 Å². The molecule has 0 saturated carbocycles. The fourth-order valence-corrected chi connectivity index (χ4v) is 3.69. The van der Waals surface area contributed by atoms with Crippen molar-refractivity contribution in [3.8, 4) is 0 Å². The minimum absolute atomic E-state index is 0.108. The normalized spacial score (nSPS) is 14.5. The molecule has 0 radical (unpaired) electrons. The fourth-order valence-electron chi connectivity index (χ4n) is 2.73. The van der Waals surface area contributed by atoms with Crippen molar-refractivity contribution < 1.29 is 9.59 Å². The van der Waals surface area contributed by atoms with E-state index in [0.717, 1.165) is 21.7 Å². The molecule has 29 heavy (non-hydrogen) atoms. The van der Waals surface area contributed by atoms with E-state index < -0.39 is 0 Å². The molecule has 1 aliphatic heterocycles. The summed E-state index contributed by atoms with van der Waals surface area (Å²) < 4.78 is 0. The summed E-state index contributed by atoms with van der Waals surface area (Å²) in [6, 6.07) is 20.7. The first-order valence-electron chi connectivity index (χ1n) is 8.97. The second-order valence-corrected chi connectivity index (χ2v) is 7.35. The number of thioether (sulfide) groups is 1. The first-order chi connectivity index (χ1) is 14.2. The quantitative estimate of drug-likeness (QED) is 0.617. The molecule has 0 spiro atoms. The number of fused-ring (bicyclic) bond motifs is 1. The average Bonchev–Trinajstić information content (AvgIpc) is 2.74. The highest BCUT2D eigenvalue weighted by molar-refractivity contribution is 8.04. The van der Waals surface area contributed by atoms with Gasteiger partial charge in [0.05, 0.1) is 10.6 Å². The van der Waals surface area contributed by atoms with Crippen LogP contribution >= 0.6 is 11.8 Å². The molecular formula is C23H17N3O2S. The maximum absolute atomic E-state index is 12.3. The maximum atomic E-state index is 12.3. The van der Waals surface area contributed by atoms with Crippen LogP contribution in [-0.2, 0) is 9.59 Å². The molecule has 0 saturated heterocycles. The van der Waals surface area contributed by atoms with Crippen LogP contribution in [-0.4, -0.2) is 16.8 Å². The van der Waals surface area contributed by atoms with E-state index in [-0.39, 0.29) is 11.8 Å². The number of nitrogens with zero attached hydrogens (tertiary/aromatic N) is 1. The zero-order valence-electron chi connectivity index (χ0n) is 15.3. The Labute approximate surface area is 172 Å². The number of carbonyl (C=O) groups excluding carboxylic acids is 2. The molecule has 2 aromatic carbocycles. The molecule has 2 N–H and O–H groups in total. The molecular weight excluding hydrogens is 382 g/mol. The van der Waals surface area contributed by atoms with Crippen molar-refractivity contribution in [2.75, 3.05) is 10.6 Å². The maximum Gasteiger partial charge on any atom is 0.262 e. The average molecular weight is 399 g/mol. The summed E-state index contributed by atoms with van der Waals surface area (Å²) in [7, 11) is 0. The summed E-state index contributed by atoms with van der Waals surface area (Å²) in [5, 5.41) is 5.60. The van der Waals surface area contributed by atoms with E-state index in [0.29, 0.717) is 10.7 Å². The highest BCUT2D eigenvalue weighted by atomic mass is 32.2. The summed E-state index contributed by atoms with van der Waals surface area (Å²) >= 11 is 1.46. The highest BCUT2D eigenvalue weighted by Gasteiger charge is 2.20. The van der Waals surface area contributed by atoms with Crippen molar-refractivity contribution in [2.45, 2.75) is 4.90 Å². The second kappa shape index (κ2) is 8.58. The van der Waals surface area contributed by atoms with Crippen LogP contribution in [0, 0.1) is 0 Å². The van der Waals surface area contributed by atoms with Gasteiger partial charge in [-0.05, 0) is 47.5 Å². The Morgan fingerprint density at radius 3 is 2.52 bits per heavy atom. The number of aromatic nitrogens is 1. The third-order valence-electron chi connectivity index (χ3n) is 4.16. The SMILES string of the molecule is O=C(/C=C/c1ccc(C=C2Sc3ccccc3NC2=O)cc1)Nc1ccccn1. The van der Waals surface area contributed by atoms with Crippen molar-refractivity contribution in [3.05, 3.63) is 95.0 Å². The summed E-state index contributed by atoms with van der Waals surface area (Å²) in [4.78, 5) is 30.0. The number of nitrogens with one attached hydrogen (secondary N) is 2. The summed E-state index contributed by atoms with van der Waals surface area (Å²) in [5.41, 5.74) is 2.63. The topological polar surface area (TPSA) is 71.1 Å². The molecule has 4 rings (SSSR count). The van der Waals surface area contributed by atoms with E-state index in [1.165, 1.54) is 17.8 Å². The third-order valence-corrected chi connectivity index (χ3v) is 5.26. The van der Waals surface area contributed by atoms with Crippen molar-refractivity contribution in [1.82, 2.24) is 4.98 Å². The third kappa shape index (κ3) is 4.80. The first kappa shape index (κ1) is 18.7. The van der Waals surface area contributed by atoms with Crippen LogP contribution in [0.2, 0.25) is 0 Å². The van der Waals surface area contributed by atoms with Gasteiger partial charge < -0.3 is 10.6 Å². The van der Waals surface area contributed by atoms with Gasteiger partial charge in [-0.1, -0.05) is 54.2 Å². The summed E-state index contributed by atoms with van der Waals surface area (Å²) in [5.74, 6) is 0.154. The number of amides is 2. The van der Waals surface area contributed by atoms with Gasteiger partial charge in [0.15, 0.2) is 0 Å². The van der Waals surface area contributed by atoms with Crippen LogP contribution in [0.5, 0.6) is 0 Å². The molecule has 0 fully saturated rings. The molecule has 2 amide bonds. The molecule has 0 bridgehead atoms. The zero-order chi connectivity index (χ0) is 20.1. The number of para-hydroxylation sites is 1. The van der Waals surface area contributed by atoms with Gasteiger partial charge in [-0.2, -0.15) is 0 Å². The van der Waals surface area contributed by atoms with Crippen molar-refractivity contribution in [2.24, 2.45) is 0 Å². The van der Waals surface area contributed by atoms with Gasteiger partial charge >= 0.3 is 0 Å². The Morgan fingerprint density at radius 1 is 0.966 bits per heavy atom. The van der Waals surface area contributed by atoms with E-state index in [1.54, 1.807) is 24.4 Å². The van der Waals surface area contributed by atoms with Gasteiger partial charge in [0, 0.05) is 17.2 Å². The lowest BCUT2D eigenvalue weighted by Crippen LogP contribution is -2.17. The molecule has 0 aliphatic carbocycles. The molecule has 142 valence electrons. The van der Waals surface area contributed by atoms with Gasteiger partial charge in [0.25, 0.3) is 5.91 Å². The van der Waals surface area contributed by atoms with Crippen LogP contribution in [0.25, 0.3) is 12.2 Å². The lowest BCUT2D eigenvalue weighted by atomic mass is 10.1. The van der Waals surface area contributed by atoms with Crippen LogP contribution in [0.3, 0.4) is 0 Å². The van der Waals surface area contributed by atoms with Gasteiger partial charge in [-0.3, -0.25) is 9.59 Å². The van der Waals surface area contributed by atoms with E-state index in [1.807, 2.05) is 60.7 Å². The van der Waals surface area contributed by atoms with Crippen LogP contribution in [0.4, 0.5) is 11.5 Å². The number of hydrogen-bond acceptors (Lipinski definition) is 4. The monoisotopic (exact) mass is 399 g/mol. The zero-order valence-corrected chi connectivity index (χ0v) is 16.1. The van der Waals surface area contributed by atoms with Gasteiger partial charge in [-0.15, -0.1) is 0 Å². The van der Waals surface area contributed by atoms with Gasteiger partial charge in [0.2, 0.25) is 5.91 Å². The molecule has 5 nitrogen and oxygen atoms in total.